The fourth-order valence-corrected chi connectivity index (χ4v) is 4.04. The summed E-state index contributed by atoms with van der Waals surface area (Å²) in [6.45, 7) is 6.06. The largest absolute Gasteiger partial charge is 0.384 e. The summed E-state index contributed by atoms with van der Waals surface area (Å²) in [7, 11) is -2.90. The van der Waals surface area contributed by atoms with Gasteiger partial charge in [0.1, 0.15) is 5.82 Å². The lowest BCUT2D eigenvalue weighted by molar-refractivity contribution is 0.499. The molecule has 6 heteroatoms. The van der Waals surface area contributed by atoms with E-state index in [0.717, 1.165) is 11.3 Å². The molecule has 2 rings (SSSR count). The maximum absolute atomic E-state index is 11.5. The van der Waals surface area contributed by atoms with Crippen LogP contribution < -0.4 is 5.73 Å². The second-order valence-electron chi connectivity index (χ2n) is 5.05. The molecule has 1 aliphatic rings. The van der Waals surface area contributed by atoms with Crippen molar-refractivity contribution in [2.45, 2.75) is 39.2 Å². The molecule has 0 amide bonds. The Labute approximate surface area is 102 Å². The van der Waals surface area contributed by atoms with E-state index in [1.807, 2.05) is 6.92 Å². The first kappa shape index (κ1) is 12.4. The van der Waals surface area contributed by atoms with Gasteiger partial charge >= 0.3 is 0 Å². The van der Waals surface area contributed by atoms with Crippen LogP contribution in [0.2, 0.25) is 0 Å². The van der Waals surface area contributed by atoms with Gasteiger partial charge in [-0.2, -0.15) is 5.10 Å². The highest BCUT2D eigenvalue weighted by molar-refractivity contribution is 7.91. The van der Waals surface area contributed by atoms with Crippen LogP contribution in [-0.4, -0.2) is 29.7 Å². The molecular formula is C11H19N3O2S. The molecule has 17 heavy (non-hydrogen) atoms. The molecule has 1 aromatic heterocycles. The van der Waals surface area contributed by atoms with Crippen LogP contribution in [0.4, 0.5) is 5.82 Å². The van der Waals surface area contributed by atoms with Crippen molar-refractivity contribution in [2.75, 3.05) is 17.2 Å². The predicted octanol–water partition coefficient (Wildman–Crippen LogP) is 1.26. The van der Waals surface area contributed by atoms with Gasteiger partial charge in [0.15, 0.2) is 9.84 Å². The third kappa shape index (κ3) is 2.18. The third-order valence-electron chi connectivity index (χ3n) is 3.33. The average Bonchev–Trinajstić information content (AvgIpc) is 2.70. The molecule has 0 radical (unpaired) electrons. The average molecular weight is 257 g/mol. The molecule has 0 aromatic carbocycles. The minimum atomic E-state index is -2.90. The molecule has 1 fully saturated rings. The van der Waals surface area contributed by atoms with Crippen molar-refractivity contribution in [2.24, 2.45) is 0 Å². The second-order valence-corrected chi connectivity index (χ2v) is 7.28. The van der Waals surface area contributed by atoms with E-state index in [0.29, 0.717) is 18.2 Å². The van der Waals surface area contributed by atoms with Gasteiger partial charge in [0.2, 0.25) is 0 Å². The molecule has 1 atom stereocenters. The number of nitrogens with two attached hydrogens (primary N) is 1. The van der Waals surface area contributed by atoms with Crippen LogP contribution in [0.25, 0.3) is 0 Å². The van der Waals surface area contributed by atoms with Gasteiger partial charge in [-0.05, 0) is 19.3 Å². The summed E-state index contributed by atoms with van der Waals surface area (Å²) < 4.78 is 24.6. The van der Waals surface area contributed by atoms with Crippen molar-refractivity contribution in [3.05, 3.63) is 11.3 Å². The van der Waals surface area contributed by atoms with Crippen molar-refractivity contribution >= 4 is 15.7 Å². The van der Waals surface area contributed by atoms with Crippen molar-refractivity contribution in [1.82, 2.24) is 9.78 Å². The molecule has 1 unspecified atom stereocenters. The first-order valence-corrected chi connectivity index (χ1v) is 7.69. The molecule has 0 bridgehead atoms. The maximum Gasteiger partial charge on any atom is 0.152 e. The first-order chi connectivity index (χ1) is 7.82. The lowest BCUT2D eigenvalue weighted by Gasteiger charge is -2.10. The molecule has 2 heterocycles. The molecule has 5 nitrogen and oxygen atoms in total. The standard InChI is InChI=1S/C11H19N3O2S/c1-7(2)10-8(3)11(12)14(13-10)9-4-5-17(15,16)6-9/h7,9H,4-6,12H2,1-3H3. The van der Waals surface area contributed by atoms with Crippen LogP contribution in [0.5, 0.6) is 0 Å². The molecule has 0 aliphatic carbocycles. The zero-order valence-corrected chi connectivity index (χ0v) is 11.3. The minimum absolute atomic E-state index is 0.0915. The summed E-state index contributed by atoms with van der Waals surface area (Å²) in [5, 5.41) is 4.48. The van der Waals surface area contributed by atoms with Crippen molar-refractivity contribution in [1.29, 1.82) is 0 Å². The van der Waals surface area contributed by atoms with Gasteiger partial charge in [-0.1, -0.05) is 13.8 Å². The van der Waals surface area contributed by atoms with Gasteiger partial charge in [0, 0.05) is 5.56 Å². The van der Waals surface area contributed by atoms with Crippen LogP contribution in [0.1, 0.15) is 43.5 Å². The summed E-state index contributed by atoms with van der Waals surface area (Å²) in [4.78, 5) is 0. The Morgan fingerprint density at radius 1 is 1.47 bits per heavy atom. The number of hydrogen-bond donors (Lipinski definition) is 1. The van der Waals surface area contributed by atoms with Gasteiger partial charge in [-0.3, -0.25) is 0 Å². The Balaban J connectivity index is 2.38. The zero-order chi connectivity index (χ0) is 12.8. The number of nitrogen functional groups attached to an aromatic ring is 1. The summed E-state index contributed by atoms with van der Waals surface area (Å²) >= 11 is 0. The molecule has 1 aromatic rings. The van der Waals surface area contributed by atoms with Crippen LogP contribution >= 0.6 is 0 Å². The third-order valence-corrected chi connectivity index (χ3v) is 5.08. The second kappa shape index (κ2) is 4.01. The van der Waals surface area contributed by atoms with Crippen molar-refractivity contribution < 1.29 is 8.42 Å². The fraction of sp³-hybridized carbons (Fsp3) is 0.727. The summed E-state index contributed by atoms with van der Waals surface area (Å²) in [6, 6.07) is -0.0915. The fourth-order valence-electron chi connectivity index (χ4n) is 2.34. The van der Waals surface area contributed by atoms with Gasteiger partial charge in [-0.25, -0.2) is 13.1 Å². The maximum atomic E-state index is 11.5. The Hall–Kier alpha value is -1.04. The summed E-state index contributed by atoms with van der Waals surface area (Å²) in [6.07, 6.45) is 0.616. The quantitative estimate of drug-likeness (QED) is 0.865. The number of hydrogen-bond acceptors (Lipinski definition) is 4. The number of rotatable bonds is 2. The van der Waals surface area contributed by atoms with Crippen LogP contribution in [0.3, 0.4) is 0 Å². The highest BCUT2D eigenvalue weighted by Crippen LogP contribution is 2.30. The van der Waals surface area contributed by atoms with E-state index >= 15 is 0 Å². The van der Waals surface area contributed by atoms with Gasteiger partial charge in [-0.15, -0.1) is 0 Å². The summed E-state index contributed by atoms with van der Waals surface area (Å²) in [5.74, 6) is 1.32. The molecule has 2 N–H and O–H groups in total. The van der Waals surface area contributed by atoms with Gasteiger partial charge < -0.3 is 5.73 Å². The Morgan fingerprint density at radius 2 is 2.12 bits per heavy atom. The Bertz CT molecular complexity index is 531. The van der Waals surface area contributed by atoms with Crippen LogP contribution in [0, 0.1) is 6.92 Å². The number of sulfone groups is 1. The van der Waals surface area contributed by atoms with E-state index in [1.54, 1.807) is 4.68 Å². The normalized spacial score (nSPS) is 23.4. The number of nitrogens with zero attached hydrogens (tertiary/aromatic N) is 2. The summed E-state index contributed by atoms with van der Waals surface area (Å²) in [5.41, 5.74) is 7.96. The van der Waals surface area contributed by atoms with Crippen molar-refractivity contribution in [3.63, 3.8) is 0 Å². The van der Waals surface area contributed by atoms with Crippen LogP contribution in [-0.2, 0) is 9.84 Å². The topological polar surface area (TPSA) is 78.0 Å². The molecule has 0 spiro atoms. The molecule has 0 saturated carbocycles. The van der Waals surface area contributed by atoms with E-state index < -0.39 is 9.84 Å². The SMILES string of the molecule is Cc1c(C(C)C)nn(C2CCS(=O)(=O)C2)c1N. The van der Waals surface area contributed by atoms with Gasteiger partial charge in [0.25, 0.3) is 0 Å². The predicted molar refractivity (Wildman–Crippen MR) is 67.8 cm³/mol. The van der Waals surface area contributed by atoms with E-state index in [1.165, 1.54) is 0 Å². The number of anilines is 1. The van der Waals surface area contributed by atoms with Gasteiger partial charge in [0.05, 0.1) is 23.2 Å². The van der Waals surface area contributed by atoms with Crippen molar-refractivity contribution in [3.8, 4) is 0 Å². The van der Waals surface area contributed by atoms with E-state index in [2.05, 4.69) is 18.9 Å². The molecule has 1 aliphatic heterocycles. The van der Waals surface area contributed by atoms with Crippen LogP contribution in [0.15, 0.2) is 0 Å². The highest BCUT2D eigenvalue weighted by Gasteiger charge is 2.31. The van der Waals surface area contributed by atoms with E-state index in [4.69, 9.17) is 5.73 Å². The molecule has 1 saturated heterocycles. The molecular weight excluding hydrogens is 238 g/mol. The Morgan fingerprint density at radius 3 is 2.53 bits per heavy atom. The highest BCUT2D eigenvalue weighted by atomic mass is 32.2. The van der Waals surface area contributed by atoms with E-state index in [9.17, 15) is 8.42 Å². The zero-order valence-electron chi connectivity index (χ0n) is 10.5. The molecule has 96 valence electrons. The number of aromatic nitrogens is 2. The minimum Gasteiger partial charge on any atom is -0.384 e. The monoisotopic (exact) mass is 257 g/mol. The smallest absolute Gasteiger partial charge is 0.152 e. The lowest BCUT2D eigenvalue weighted by atomic mass is 10.1. The lowest BCUT2D eigenvalue weighted by Crippen LogP contribution is -2.15. The Kier molecular flexibility index (Phi) is 2.93. The van der Waals surface area contributed by atoms with E-state index in [-0.39, 0.29) is 17.5 Å². The first-order valence-electron chi connectivity index (χ1n) is 5.86.